The molecule has 2 aromatic rings. The highest BCUT2D eigenvalue weighted by Gasteiger charge is 2.54. The highest BCUT2D eigenvalue weighted by molar-refractivity contribution is 5.83. The number of hydrogen-bond donors (Lipinski definition) is 0. The summed E-state index contributed by atoms with van der Waals surface area (Å²) in [7, 11) is 0. The lowest BCUT2D eigenvalue weighted by atomic mass is 9.79. The van der Waals surface area contributed by atoms with Crippen LogP contribution in [0.5, 0.6) is 0 Å². The molecule has 0 amide bonds. The summed E-state index contributed by atoms with van der Waals surface area (Å²) >= 11 is 0. The first-order chi connectivity index (χ1) is 14.0. The Labute approximate surface area is 171 Å². The zero-order valence-electron chi connectivity index (χ0n) is 16.7. The van der Waals surface area contributed by atoms with Crippen LogP contribution < -0.4 is 0 Å². The van der Waals surface area contributed by atoms with E-state index < -0.39 is 11.8 Å². The lowest BCUT2D eigenvalue weighted by Crippen LogP contribution is -2.38. The van der Waals surface area contributed by atoms with Gasteiger partial charge in [0.05, 0.1) is 24.0 Å². The fraction of sp³-hybridized carbons (Fsp3) is 0.417. The van der Waals surface area contributed by atoms with E-state index in [4.69, 9.17) is 14.2 Å². The van der Waals surface area contributed by atoms with Crippen LogP contribution in [0.25, 0.3) is 0 Å². The third-order valence-corrected chi connectivity index (χ3v) is 5.88. The van der Waals surface area contributed by atoms with E-state index in [1.165, 1.54) is 0 Å². The number of epoxide rings is 1. The maximum atomic E-state index is 12.9. The molecule has 5 nitrogen and oxygen atoms in total. The summed E-state index contributed by atoms with van der Waals surface area (Å²) in [6, 6.07) is 19.2. The van der Waals surface area contributed by atoms with Crippen LogP contribution in [0.2, 0.25) is 0 Å². The van der Waals surface area contributed by atoms with Crippen LogP contribution in [0, 0.1) is 11.8 Å². The van der Waals surface area contributed by atoms with Gasteiger partial charge in [-0.15, -0.1) is 0 Å². The van der Waals surface area contributed by atoms with Crippen molar-refractivity contribution >= 4 is 11.9 Å². The topological polar surface area (TPSA) is 65.1 Å². The van der Waals surface area contributed by atoms with Gasteiger partial charge in [0.15, 0.2) is 0 Å². The molecule has 2 fully saturated rings. The first kappa shape index (κ1) is 19.6. The van der Waals surface area contributed by atoms with Crippen LogP contribution in [0.1, 0.15) is 50.0 Å². The van der Waals surface area contributed by atoms with Gasteiger partial charge in [0.2, 0.25) is 0 Å². The predicted octanol–water partition coefficient (Wildman–Crippen LogP) is 4.39. The van der Waals surface area contributed by atoms with Gasteiger partial charge < -0.3 is 14.2 Å². The number of ether oxygens (including phenoxy) is 3. The molecular weight excluding hydrogens is 368 g/mol. The lowest BCUT2D eigenvalue weighted by Gasteiger charge is -2.28. The predicted molar refractivity (Wildman–Crippen MR) is 107 cm³/mol. The van der Waals surface area contributed by atoms with Crippen molar-refractivity contribution in [3.05, 3.63) is 71.8 Å². The molecule has 152 valence electrons. The minimum Gasteiger partial charge on any atom is -0.458 e. The summed E-state index contributed by atoms with van der Waals surface area (Å²) in [6.45, 7) is 3.69. The number of esters is 2. The average Bonchev–Trinajstić information content (AvgIpc) is 3.52. The molecule has 5 heteroatoms. The Hall–Kier alpha value is -2.66. The van der Waals surface area contributed by atoms with Crippen molar-refractivity contribution in [3.63, 3.8) is 0 Å². The van der Waals surface area contributed by atoms with Gasteiger partial charge in [0.25, 0.3) is 0 Å². The second-order valence-electron chi connectivity index (χ2n) is 7.88. The molecule has 0 radical (unpaired) electrons. The van der Waals surface area contributed by atoms with Crippen molar-refractivity contribution < 1.29 is 23.8 Å². The van der Waals surface area contributed by atoms with Crippen molar-refractivity contribution in [3.8, 4) is 0 Å². The number of carbonyl (C=O) groups is 2. The Morgan fingerprint density at radius 2 is 1.14 bits per heavy atom. The standard InChI is InChI=1S/C24H26O5/c1-15(17-9-5-3-6-10-17)27-23(25)19-13-21-22(29-21)14-20(19)24(26)28-16(2)18-11-7-4-8-12-18/h3-12,15-16,19-22H,13-14H2,1-2H3. The zero-order valence-corrected chi connectivity index (χ0v) is 16.7. The Kier molecular flexibility index (Phi) is 5.67. The maximum Gasteiger partial charge on any atom is 0.310 e. The van der Waals surface area contributed by atoms with Crippen LogP contribution >= 0.6 is 0 Å². The van der Waals surface area contributed by atoms with Crippen LogP contribution in [-0.4, -0.2) is 24.1 Å². The number of benzene rings is 2. The van der Waals surface area contributed by atoms with Gasteiger partial charge in [0, 0.05) is 0 Å². The van der Waals surface area contributed by atoms with Crippen molar-refractivity contribution in [1.82, 2.24) is 0 Å². The van der Waals surface area contributed by atoms with Crippen LogP contribution in [0.4, 0.5) is 0 Å². The normalized spacial score (nSPS) is 27.2. The third kappa shape index (κ3) is 4.51. The number of hydrogen-bond acceptors (Lipinski definition) is 5. The minimum absolute atomic E-state index is 0.0511. The van der Waals surface area contributed by atoms with Gasteiger partial charge >= 0.3 is 11.9 Å². The van der Waals surface area contributed by atoms with E-state index in [0.29, 0.717) is 12.8 Å². The van der Waals surface area contributed by atoms with E-state index in [1.54, 1.807) is 0 Å². The fourth-order valence-electron chi connectivity index (χ4n) is 4.05. The first-order valence-electron chi connectivity index (χ1n) is 10.2. The molecule has 1 heterocycles. The molecule has 4 rings (SSSR count). The molecule has 0 bridgehead atoms. The summed E-state index contributed by atoms with van der Waals surface area (Å²) in [5, 5.41) is 0. The molecule has 1 aliphatic carbocycles. The zero-order chi connectivity index (χ0) is 20.4. The van der Waals surface area contributed by atoms with Gasteiger partial charge in [-0.2, -0.15) is 0 Å². The SMILES string of the molecule is CC(OC(=O)C1CC2OC2CC1C(=O)OC(C)c1ccccc1)c1ccccc1. The Balaban J connectivity index is 1.43. The van der Waals surface area contributed by atoms with Crippen LogP contribution in [0.15, 0.2) is 60.7 Å². The van der Waals surface area contributed by atoms with E-state index in [-0.39, 0.29) is 36.4 Å². The van der Waals surface area contributed by atoms with Crippen LogP contribution in [0.3, 0.4) is 0 Å². The maximum absolute atomic E-state index is 12.9. The van der Waals surface area contributed by atoms with Crippen molar-refractivity contribution in [2.45, 2.75) is 51.1 Å². The Morgan fingerprint density at radius 3 is 1.52 bits per heavy atom. The number of carbonyl (C=O) groups excluding carboxylic acids is 2. The molecule has 2 aliphatic rings. The summed E-state index contributed by atoms with van der Waals surface area (Å²) in [5.41, 5.74) is 1.85. The molecule has 1 saturated carbocycles. The molecule has 6 atom stereocenters. The molecule has 6 unspecified atom stereocenters. The van der Waals surface area contributed by atoms with Gasteiger partial charge in [-0.3, -0.25) is 9.59 Å². The van der Waals surface area contributed by atoms with E-state index in [2.05, 4.69) is 0 Å². The summed E-state index contributed by atoms with van der Waals surface area (Å²) in [6.07, 6.45) is 0.364. The Morgan fingerprint density at radius 1 is 0.759 bits per heavy atom. The summed E-state index contributed by atoms with van der Waals surface area (Å²) in [4.78, 5) is 25.9. The molecule has 1 aliphatic heterocycles. The van der Waals surface area contributed by atoms with E-state index in [9.17, 15) is 9.59 Å². The monoisotopic (exact) mass is 394 g/mol. The van der Waals surface area contributed by atoms with Crippen molar-refractivity contribution in [2.75, 3.05) is 0 Å². The molecule has 0 spiro atoms. The number of fused-ring (bicyclic) bond motifs is 1. The number of rotatable bonds is 6. The highest BCUT2D eigenvalue weighted by atomic mass is 16.6. The third-order valence-electron chi connectivity index (χ3n) is 5.88. The molecule has 0 aromatic heterocycles. The molecular formula is C24H26O5. The quantitative estimate of drug-likeness (QED) is 0.537. The second kappa shape index (κ2) is 8.37. The van der Waals surface area contributed by atoms with Gasteiger partial charge in [-0.05, 0) is 37.8 Å². The summed E-state index contributed by atoms with van der Waals surface area (Å²) in [5.74, 6) is -1.80. The fourth-order valence-corrected chi connectivity index (χ4v) is 4.05. The smallest absolute Gasteiger partial charge is 0.310 e. The molecule has 1 saturated heterocycles. The second-order valence-corrected chi connectivity index (χ2v) is 7.88. The Bertz CT molecular complexity index is 779. The van der Waals surface area contributed by atoms with Gasteiger partial charge in [-0.1, -0.05) is 60.7 Å². The summed E-state index contributed by atoms with van der Waals surface area (Å²) < 4.78 is 17.0. The highest BCUT2D eigenvalue weighted by Crippen LogP contribution is 2.44. The van der Waals surface area contributed by atoms with E-state index in [1.807, 2.05) is 74.5 Å². The van der Waals surface area contributed by atoms with Gasteiger partial charge in [0.1, 0.15) is 12.2 Å². The molecule has 0 N–H and O–H groups in total. The van der Waals surface area contributed by atoms with Crippen molar-refractivity contribution in [2.24, 2.45) is 11.8 Å². The largest absolute Gasteiger partial charge is 0.458 e. The van der Waals surface area contributed by atoms with Crippen LogP contribution in [-0.2, 0) is 23.8 Å². The van der Waals surface area contributed by atoms with E-state index >= 15 is 0 Å². The molecule has 2 aromatic carbocycles. The minimum atomic E-state index is -0.541. The molecule has 29 heavy (non-hydrogen) atoms. The van der Waals surface area contributed by atoms with Crippen molar-refractivity contribution in [1.29, 1.82) is 0 Å². The van der Waals surface area contributed by atoms with Gasteiger partial charge in [-0.25, -0.2) is 0 Å². The van der Waals surface area contributed by atoms with E-state index in [0.717, 1.165) is 11.1 Å². The lowest BCUT2D eigenvalue weighted by molar-refractivity contribution is -0.167. The average molecular weight is 394 g/mol. The first-order valence-corrected chi connectivity index (χ1v) is 10.2.